The molecular weight excluding hydrogens is 237 g/mol. The van der Waals surface area contributed by atoms with Crippen LogP contribution in [-0.4, -0.2) is 13.1 Å². The Morgan fingerprint density at radius 2 is 2.24 bits per heavy atom. The number of halogens is 2. The molecule has 1 aromatic carbocycles. The molecule has 3 unspecified atom stereocenters. The molecule has 1 fully saturated rings. The smallest absolute Gasteiger partial charge is 0.124 e. The first-order chi connectivity index (χ1) is 8.02. The lowest BCUT2D eigenvalue weighted by Gasteiger charge is -2.54. The fourth-order valence-corrected chi connectivity index (χ4v) is 3.36. The van der Waals surface area contributed by atoms with Gasteiger partial charge in [0.25, 0.3) is 0 Å². The fraction of sp³-hybridized carbons (Fsp3) is 0.571. The predicted molar refractivity (Wildman–Crippen MR) is 70.0 cm³/mol. The Bertz CT molecular complexity index is 421. The van der Waals surface area contributed by atoms with Crippen LogP contribution in [0.15, 0.2) is 18.2 Å². The van der Waals surface area contributed by atoms with Crippen LogP contribution in [0.4, 0.5) is 4.39 Å². The van der Waals surface area contributed by atoms with Crippen LogP contribution in [0.1, 0.15) is 38.2 Å². The fourth-order valence-electron chi connectivity index (χ4n) is 3.06. The van der Waals surface area contributed by atoms with Gasteiger partial charge in [-0.05, 0) is 48.9 Å². The lowest BCUT2D eigenvalue weighted by atomic mass is 9.54. The number of hydrogen-bond acceptors (Lipinski definition) is 1. The van der Waals surface area contributed by atoms with E-state index < -0.39 is 0 Å². The largest absolute Gasteiger partial charge is 0.316 e. The van der Waals surface area contributed by atoms with Crippen LogP contribution in [-0.2, 0) is 0 Å². The van der Waals surface area contributed by atoms with E-state index in [9.17, 15) is 4.39 Å². The lowest BCUT2D eigenvalue weighted by molar-refractivity contribution is 0.0495. The lowest BCUT2D eigenvalue weighted by Crippen LogP contribution is -2.55. The zero-order chi connectivity index (χ0) is 12.6. The minimum atomic E-state index is -0.263. The molecule has 0 aromatic heterocycles. The van der Waals surface area contributed by atoms with E-state index in [4.69, 9.17) is 11.6 Å². The van der Waals surface area contributed by atoms with Crippen molar-refractivity contribution in [1.82, 2.24) is 5.32 Å². The molecule has 0 aliphatic heterocycles. The van der Waals surface area contributed by atoms with E-state index in [-0.39, 0.29) is 11.2 Å². The van der Waals surface area contributed by atoms with Gasteiger partial charge in [-0.25, -0.2) is 4.39 Å². The van der Waals surface area contributed by atoms with Crippen LogP contribution in [0.2, 0.25) is 5.02 Å². The molecule has 1 aromatic rings. The molecule has 0 radical (unpaired) electrons. The third-order valence-corrected chi connectivity index (χ3v) is 4.84. The van der Waals surface area contributed by atoms with Crippen LogP contribution in [0.25, 0.3) is 0 Å². The molecule has 0 heterocycles. The number of rotatable bonds is 3. The molecule has 1 aliphatic rings. The van der Waals surface area contributed by atoms with Gasteiger partial charge in [0.05, 0.1) is 0 Å². The molecular formula is C14H19ClFN. The summed E-state index contributed by atoms with van der Waals surface area (Å²) in [6.45, 7) is 4.48. The second kappa shape index (κ2) is 4.58. The van der Waals surface area contributed by atoms with Gasteiger partial charge < -0.3 is 5.32 Å². The van der Waals surface area contributed by atoms with E-state index in [0.29, 0.717) is 17.0 Å². The second-order valence-electron chi connectivity index (χ2n) is 5.15. The summed E-state index contributed by atoms with van der Waals surface area (Å²) in [6.07, 6.45) is 2.17. The third kappa shape index (κ3) is 1.98. The van der Waals surface area contributed by atoms with E-state index in [0.717, 1.165) is 18.4 Å². The summed E-state index contributed by atoms with van der Waals surface area (Å²) in [6, 6.07) is 5.28. The van der Waals surface area contributed by atoms with Gasteiger partial charge in [-0.2, -0.15) is 0 Å². The molecule has 1 aliphatic carbocycles. The number of nitrogens with one attached hydrogen (secondary N) is 1. The van der Waals surface area contributed by atoms with Gasteiger partial charge in [0, 0.05) is 11.1 Å². The highest BCUT2D eigenvalue weighted by Gasteiger charge is 2.50. The van der Waals surface area contributed by atoms with Gasteiger partial charge in [-0.1, -0.05) is 31.5 Å². The summed E-state index contributed by atoms with van der Waals surface area (Å²) in [4.78, 5) is 0. The second-order valence-corrected chi connectivity index (χ2v) is 5.56. The van der Waals surface area contributed by atoms with Gasteiger partial charge in [-0.15, -0.1) is 0 Å². The summed E-state index contributed by atoms with van der Waals surface area (Å²) in [7, 11) is 2.00. The molecule has 1 nitrogen and oxygen atoms in total. The molecule has 94 valence electrons. The summed E-state index contributed by atoms with van der Waals surface area (Å²) in [5.74, 6) is 0.166. The molecule has 1 saturated carbocycles. The van der Waals surface area contributed by atoms with Crippen molar-refractivity contribution < 1.29 is 4.39 Å². The monoisotopic (exact) mass is 255 g/mol. The van der Waals surface area contributed by atoms with Crippen molar-refractivity contribution in [2.24, 2.45) is 5.41 Å². The average Bonchev–Trinajstić information content (AvgIpc) is 2.30. The van der Waals surface area contributed by atoms with Crippen molar-refractivity contribution in [3.8, 4) is 0 Å². The molecule has 0 spiro atoms. The SMILES string of the molecule is CCC1(C)C(NC)CC1c1ccc(F)cc1Cl. The normalized spacial score (nSPS) is 32.3. The van der Waals surface area contributed by atoms with Crippen molar-refractivity contribution in [1.29, 1.82) is 0 Å². The average molecular weight is 256 g/mol. The highest BCUT2D eigenvalue weighted by atomic mass is 35.5. The summed E-state index contributed by atoms with van der Waals surface area (Å²) >= 11 is 6.15. The van der Waals surface area contributed by atoms with Gasteiger partial charge >= 0.3 is 0 Å². The Hall–Kier alpha value is -0.600. The minimum Gasteiger partial charge on any atom is -0.316 e. The highest BCUT2D eigenvalue weighted by Crippen LogP contribution is 2.55. The van der Waals surface area contributed by atoms with E-state index in [1.54, 1.807) is 0 Å². The van der Waals surface area contributed by atoms with Gasteiger partial charge in [-0.3, -0.25) is 0 Å². The quantitative estimate of drug-likeness (QED) is 0.862. The first kappa shape index (κ1) is 12.8. The van der Waals surface area contributed by atoms with E-state index >= 15 is 0 Å². The van der Waals surface area contributed by atoms with E-state index in [1.807, 2.05) is 13.1 Å². The van der Waals surface area contributed by atoms with Crippen molar-refractivity contribution in [3.63, 3.8) is 0 Å². The van der Waals surface area contributed by atoms with Crippen LogP contribution < -0.4 is 5.32 Å². The number of benzene rings is 1. The molecule has 0 saturated heterocycles. The summed E-state index contributed by atoms with van der Waals surface area (Å²) in [5, 5.41) is 3.92. The third-order valence-electron chi connectivity index (χ3n) is 4.51. The predicted octanol–water partition coefficient (Wildman–Crippen LogP) is 3.97. The molecule has 3 atom stereocenters. The minimum absolute atomic E-state index is 0.218. The molecule has 3 heteroatoms. The van der Waals surface area contributed by atoms with Crippen LogP contribution >= 0.6 is 11.6 Å². The first-order valence-corrected chi connectivity index (χ1v) is 6.53. The molecule has 2 rings (SSSR count). The van der Waals surface area contributed by atoms with Gasteiger partial charge in [0.15, 0.2) is 0 Å². The van der Waals surface area contributed by atoms with Crippen molar-refractivity contribution in [2.45, 2.75) is 38.6 Å². The van der Waals surface area contributed by atoms with Crippen LogP contribution in [0.5, 0.6) is 0 Å². The van der Waals surface area contributed by atoms with Gasteiger partial charge in [0.2, 0.25) is 0 Å². The molecule has 0 amide bonds. The summed E-state index contributed by atoms with van der Waals surface area (Å²) in [5.41, 5.74) is 1.31. The Kier molecular flexibility index (Phi) is 3.46. The Morgan fingerprint density at radius 1 is 1.53 bits per heavy atom. The topological polar surface area (TPSA) is 12.0 Å². The zero-order valence-electron chi connectivity index (χ0n) is 10.6. The maximum Gasteiger partial charge on any atom is 0.124 e. The number of hydrogen-bond donors (Lipinski definition) is 1. The maximum absolute atomic E-state index is 13.1. The van der Waals surface area contributed by atoms with E-state index in [1.165, 1.54) is 12.1 Å². The molecule has 0 bridgehead atoms. The zero-order valence-corrected chi connectivity index (χ0v) is 11.3. The summed E-state index contributed by atoms with van der Waals surface area (Å²) < 4.78 is 13.1. The van der Waals surface area contributed by atoms with Crippen molar-refractivity contribution in [2.75, 3.05) is 7.05 Å². The first-order valence-electron chi connectivity index (χ1n) is 6.15. The Labute approximate surface area is 107 Å². The highest BCUT2D eigenvalue weighted by molar-refractivity contribution is 6.31. The van der Waals surface area contributed by atoms with Gasteiger partial charge in [0.1, 0.15) is 5.82 Å². The Balaban J connectivity index is 2.30. The van der Waals surface area contributed by atoms with Crippen LogP contribution in [0.3, 0.4) is 0 Å². The molecule has 1 N–H and O–H groups in total. The van der Waals surface area contributed by atoms with E-state index in [2.05, 4.69) is 19.2 Å². The van der Waals surface area contributed by atoms with Crippen molar-refractivity contribution in [3.05, 3.63) is 34.6 Å². The van der Waals surface area contributed by atoms with Crippen molar-refractivity contribution >= 4 is 11.6 Å². The molecule has 17 heavy (non-hydrogen) atoms. The standard InChI is InChI=1S/C14H19ClFN/c1-4-14(2)11(8-13(14)17-3)10-6-5-9(16)7-12(10)15/h5-7,11,13,17H,4,8H2,1-3H3. The van der Waals surface area contributed by atoms with Crippen LogP contribution in [0, 0.1) is 11.2 Å². The Morgan fingerprint density at radius 3 is 2.76 bits per heavy atom. The maximum atomic E-state index is 13.1.